The summed E-state index contributed by atoms with van der Waals surface area (Å²) in [5, 5.41) is 8.26. The molecule has 10 aromatic rings. The van der Waals surface area contributed by atoms with E-state index in [9.17, 15) is 0 Å². The summed E-state index contributed by atoms with van der Waals surface area (Å²) in [7, 11) is -2.60. The van der Waals surface area contributed by atoms with E-state index < -0.39 is 8.07 Å². The van der Waals surface area contributed by atoms with Crippen molar-refractivity contribution in [3.8, 4) is 44.5 Å². The summed E-state index contributed by atoms with van der Waals surface area (Å²) in [6.07, 6.45) is 0. The van der Waals surface area contributed by atoms with Gasteiger partial charge in [-0.3, -0.25) is 0 Å². The van der Waals surface area contributed by atoms with Crippen molar-refractivity contribution >= 4 is 56.7 Å². The first kappa shape index (κ1) is 37.3. The summed E-state index contributed by atoms with van der Waals surface area (Å²) >= 11 is 0. The molecule has 0 saturated heterocycles. The Hall–Kier alpha value is -7.52. The van der Waals surface area contributed by atoms with E-state index in [0.29, 0.717) is 0 Å². The minimum Gasteiger partial charge on any atom is -0.310 e. The smallest absolute Gasteiger partial charge is 0.180 e. The zero-order valence-electron chi connectivity index (χ0n) is 35.5. The Labute approximate surface area is 371 Å². The summed E-state index contributed by atoms with van der Waals surface area (Å²) in [5.74, 6) is 0. The number of rotatable bonds is 7. The lowest BCUT2D eigenvalue weighted by Gasteiger charge is -2.31. The maximum absolute atomic E-state index is 2.60. The van der Waals surface area contributed by atoms with Crippen molar-refractivity contribution in [2.45, 2.75) is 19.3 Å². The van der Waals surface area contributed by atoms with E-state index >= 15 is 0 Å². The molecule has 1 nitrogen and oxygen atoms in total. The molecule has 0 radical (unpaired) electrons. The lowest BCUT2D eigenvalue weighted by Crippen LogP contribution is -2.72. The molecule has 0 unspecified atom stereocenters. The maximum atomic E-state index is 2.48. The van der Waals surface area contributed by atoms with Gasteiger partial charge in [0.15, 0.2) is 8.07 Å². The quantitative estimate of drug-likeness (QED) is 0.145. The molecule has 0 N–H and O–H groups in total. The van der Waals surface area contributed by atoms with Crippen LogP contribution in [0.1, 0.15) is 25.0 Å². The Kier molecular flexibility index (Phi) is 8.60. The van der Waals surface area contributed by atoms with Crippen LogP contribution in [0.25, 0.3) is 55.3 Å². The van der Waals surface area contributed by atoms with E-state index in [-0.39, 0.29) is 5.41 Å². The molecule has 298 valence electrons. The van der Waals surface area contributed by atoms with Crippen molar-refractivity contribution in [3.63, 3.8) is 0 Å². The monoisotopic (exact) mass is 819 g/mol. The van der Waals surface area contributed by atoms with Crippen LogP contribution in [-0.2, 0) is 5.41 Å². The van der Waals surface area contributed by atoms with E-state index in [0.717, 1.165) is 17.1 Å². The lowest BCUT2D eigenvalue weighted by molar-refractivity contribution is 0.660. The minimum atomic E-state index is -2.60. The molecule has 1 aliphatic carbocycles. The van der Waals surface area contributed by atoms with E-state index in [2.05, 4.69) is 255 Å². The van der Waals surface area contributed by atoms with Crippen LogP contribution in [0, 0.1) is 0 Å². The first-order valence-corrected chi connectivity index (χ1v) is 24.1. The van der Waals surface area contributed by atoms with Gasteiger partial charge in [0.1, 0.15) is 0 Å². The molecule has 0 spiro atoms. The summed E-state index contributed by atoms with van der Waals surface area (Å²) in [4.78, 5) is 2.42. The highest BCUT2D eigenvalue weighted by Gasteiger charge is 2.48. The molecule has 2 heteroatoms. The van der Waals surface area contributed by atoms with Crippen LogP contribution in [0.15, 0.2) is 237 Å². The van der Waals surface area contributed by atoms with Gasteiger partial charge in [-0.25, -0.2) is 0 Å². The topological polar surface area (TPSA) is 3.24 Å². The van der Waals surface area contributed by atoms with Crippen molar-refractivity contribution in [3.05, 3.63) is 248 Å². The second-order valence-electron chi connectivity index (χ2n) is 17.7. The minimum absolute atomic E-state index is 0.108. The normalized spacial score (nSPS) is 13.8. The Bertz CT molecular complexity index is 3320. The largest absolute Gasteiger partial charge is 0.310 e. The highest BCUT2D eigenvalue weighted by molar-refractivity contribution is 7.22. The van der Waals surface area contributed by atoms with Crippen LogP contribution in [0.2, 0.25) is 0 Å². The van der Waals surface area contributed by atoms with Gasteiger partial charge in [0, 0.05) is 22.5 Å². The van der Waals surface area contributed by atoms with E-state index in [1.165, 1.54) is 87.2 Å². The lowest BCUT2D eigenvalue weighted by atomic mass is 9.82. The molecule has 0 fully saturated rings. The van der Waals surface area contributed by atoms with Crippen LogP contribution in [0.5, 0.6) is 0 Å². The molecule has 0 aromatic heterocycles. The van der Waals surface area contributed by atoms with Gasteiger partial charge in [0.05, 0.1) is 0 Å². The molecule has 0 bridgehead atoms. The summed E-state index contributed by atoms with van der Waals surface area (Å²) in [5.41, 5.74) is 16.3. The predicted octanol–water partition coefficient (Wildman–Crippen LogP) is 13.3. The van der Waals surface area contributed by atoms with Crippen molar-refractivity contribution in [1.29, 1.82) is 0 Å². The number of anilines is 3. The fraction of sp³-hybridized carbons (Fsp3) is 0.0492. The molecule has 0 atom stereocenters. The molecule has 1 heterocycles. The van der Waals surface area contributed by atoms with Crippen molar-refractivity contribution in [1.82, 2.24) is 0 Å². The molecule has 10 aromatic carbocycles. The summed E-state index contributed by atoms with van der Waals surface area (Å²) in [6.45, 7) is 4.72. The van der Waals surface area contributed by atoms with Crippen molar-refractivity contribution in [2.24, 2.45) is 0 Å². The van der Waals surface area contributed by atoms with Gasteiger partial charge >= 0.3 is 0 Å². The first-order valence-electron chi connectivity index (χ1n) is 22.1. The standard InChI is InChI=1S/C61H45NSi/c1-61(2)57-24-11-8-21-53(57)54-38-37-50(41-58(54)61)62(49-35-31-44(32-36-49)47-28-27-42-15-6-7-16-45(42)39-47)48-33-29-43(30-34-48)46-17-14-20-52(40-46)63(51-18-4-3-5-19-51)59-25-12-9-22-55(59)56-23-10-13-26-60(56)63/h3-41H,1-2H3. The molecule has 0 saturated carbocycles. The molecule has 0 amide bonds. The third-order valence-electron chi connectivity index (χ3n) is 13.9. The fourth-order valence-corrected chi connectivity index (χ4v) is 16.1. The highest BCUT2D eigenvalue weighted by Crippen LogP contribution is 2.50. The van der Waals surface area contributed by atoms with Crippen LogP contribution in [0.4, 0.5) is 17.1 Å². The molecule has 12 rings (SSSR count). The Balaban J connectivity index is 0.963. The molecule has 1 aliphatic heterocycles. The number of benzene rings is 10. The average molecular weight is 820 g/mol. The van der Waals surface area contributed by atoms with Crippen LogP contribution < -0.4 is 25.6 Å². The zero-order valence-corrected chi connectivity index (χ0v) is 36.5. The SMILES string of the molecule is CC1(C)c2ccccc2-c2ccc(N(c3ccc(-c4cccc([Si]5(c6ccccc6)c6ccccc6-c6ccccc65)c4)cc3)c3ccc(-c4ccc5ccccc5c4)cc3)cc21. The maximum Gasteiger partial charge on any atom is 0.180 e. The van der Waals surface area contributed by atoms with Gasteiger partial charge in [-0.05, 0) is 130 Å². The second kappa shape index (κ2) is 14.5. The number of nitrogens with zero attached hydrogens (tertiary/aromatic N) is 1. The van der Waals surface area contributed by atoms with E-state index in [1.807, 2.05) is 0 Å². The van der Waals surface area contributed by atoms with Crippen LogP contribution in [-0.4, -0.2) is 8.07 Å². The van der Waals surface area contributed by atoms with Gasteiger partial charge in [0.2, 0.25) is 0 Å². The van der Waals surface area contributed by atoms with Crippen LogP contribution >= 0.6 is 0 Å². The van der Waals surface area contributed by atoms with Gasteiger partial charge in [-0.15, -0.1) is 0 Å². The van der Waals surface area contributed by atoms with Gasteiger partial charge in [0.25, 0.3) is 0 Å². The molecule has 63 heavy (non-hydrogen) atoms. The van der Waals surface area contributed by atoms with Crippen LogP contribution in [0.3, 0.4) is 0 Å². The Morgan fingerprint density at radius 2 is 0.825 bits per heavy atom. The van der Waals surface area contributed by atoms with Gasteiger partial charge in [-0.2, -0.15) is 0 Å². The predicted molar refractivity (Wildman–Crippen MR) is 270 cm³/mol. The van der Waals surface area contributed by atoms with Gasteiger partial charge in [-0.1, -0.05) is 208 Å². The molecular weight excluding hydrogens is 775 g/mol. The number of hydrogen-bond donors (Lipinski definition) is 0. The average Bonchev–Trinajstić information content (AvgIpc) is 3.78. The van der Waals surface area contributed by atoms with E-state index in [1.54, 1.807) is 0 Å². The Morgan fingerprint density at radius 1 is 0.317 bits per heavy atom. The first-order chi connectivity index (χ1) is 31.0. The molecule has 2 aliphatic rings. The third-order valence-corrected chi connectivity index (χ3v) is 18.8. The van der Waals surface area contributed by atoms with Crippen molar-refractivity contribution in [2.75, 3.05) is 4.90 Å². The summed E-state index contributed by atoms with van der Waals surface area (Å²) < 4.78 is 0. The number of hydrogen-bond acceptors (Lipinski definition) is 1. The van der Waals surface area contributed by atoms with Crippen molar-refractivity contribution < 1.29 is 0 Å². The van der Waals surface area contributed by atoms with Gasteiger partial charge < -0.3 is 4.90 Å². The second-order valence-corrected chi connectivity index (χ2v) is 21.4. The highest BCUT2D eigenvalue weighted by atomic mass is 28.3. The summed E-state index contributed by atoms with van der Waals surface area (Å²) in [6, 6.07) is 88.5. The Morgan fingerprint density at radius 3 is 1.51 bits per heavy atom. The zero-order chi connectivity index (χ0) is 42.1. The fourth-order valence-electron chi connectivity index (χ4n) is 10.9. The third kappa shape index (κ3) is 5.83. The van der Waals surface area contributed by atoms with E-state index in [4.69, 9.17) is 0 Å². The number of fused-ring (bicyclic) bond motifs is 7. The molecular formula is C61H45NSi.